The van der Waals surface area contributed by atoms with E-state index in [-0.39, 0.29) is 12.5 Å². The van der Waals surface area contributed by atoms with Crippen LogP contribution < -0.4 is 4.90 Å². The lowest BCUT2D eigenvalue weighted by atomic mass is 9.77. The second-order valence-corrected chi connectivity index (χ2v) is 8.48. The van der Waals surface area contributed by atoms with E-state index in [2.05, 4.69) is 4.98 Å². The molecule has 0 bridgehead atoms. The third-order valence-electron chi connectivity index (χ3n) is 5.29. The van der Waals surface area contributed by atoms with Gasteiger partial charge in [-0.25, -0.2) is 14.2 Å². The third kappa shape index (κ3) is 4.30. The van der Waals surface area contributed by atoms with Gasteiger partial charge in [-0.1, -0.05) is 0 Å². The van der Waals surface area contributed by atoms with Crippen LogP contribution in [0, 0.1) is 11.2 Å². The van der Waals surface area contributed by atoms with E-state index in [0.717, 1.165) is 4.90 Å². The van der Waals surface area contributed by atoms with Crippen molar-refractivity contribution in [1.82, 2.24) is 9.88 Å². The summed E-state index contributed by atoms with van der Waals surface area (Å²) in [7, 11) is 0. The molecule has 29 heavy (non-hydrogen) atoms. The molecule has 0 aliphatic carbocycles. The van der Waals surface area contributed by atoms with Crippen molar-refractivity contribution in [1.29, 1.82) is 0 Å². The number of likely N-dealkylation sites (tertiary alicyclic amines) is 1. The van der Waals surface area contributed by atoms with Crippen LogP contribution in [0.3, 0.4) is 0 Å². The Labute approximate surface area is 165 Å². The Balaban J connectivity index is 1.70. The van der Waals surface area contributed by atoms with Gasteiger partial charge in [-0.3, -0.25) is 9.69 Å². The lowest BCUT2D eigenvalue weighted by Crippen LogP contribution is -2.48. The number of carbonyl (C=O) groups excluding carboxylic acids is 2. The number of amides is 2. The second-order valence-electron chi connectivity index (χ2n) is 8.48. The standard InChI is InChI=1S/C19H23F4N3O3/c1-17(2,3)29-16(28)25-7-4-18(5-8-25)6-9-26(15(18)27)14-13(20)10-12(11-24-14)19(21,22)23/h10-11H,4-9H2,1-3H3. The summed E-state index contributed by atoms with van der Waals surface area (Å²) >= 11 is 0. The van der Waals surface area contributed by atoms with E-state index in [4.69, 9.17) is 4.74 Å². The van der Waals surface area contributed by atoms with Crippen molar-refractivity contribution in [2.75, 3.05) is 24.5 Å². The number of alkyl halides is 3. The van der Waals surface area contributed by atoms with Gasteiger partial charge in [0.15, 0.2) is 11.6 Å². The van der Waals surface area contributed by atoms with Gasteiger partial charge in [-0.2, -0.15) is 13.2 Å². The van der Waals surface area contributed by atoms with Crippen molar-refractivity contribution in [3.8, 4) is 0 Å². The van der Waals surface area contributed by atoms with E-state index >= 15 is 0 Å². The van der Waals surface area contributed by atoms with Crippen LogP contribution in [0.15, 0.2) is 12.3 Å². The quantitative estimate of drug-likeness (QED) is 0.649. The van der Waals surface area contributed by atoms with Crippen molar-refractivity contribution >= 4 is 17.8 Å². The fourth-order valence-electron chi connectivity index (χ4n) is 3.71. The summed E-state index contributed by atoms with van der Waals surface area (Å²) in [5.74, 6) is -1.95. The monoisotopic (exact) mass is 417 g/mol. The van der Waals surface area contributed by atoms with Crippen molar-refractivity contribution < 1.29 is 31.9 Å². The first-order valence-electron chi connectivity index (χ1n) is 9.35. The molecule has 2 aliphatic heterocycles. The molecule has 1 aromatic heterocycles. The van der Waals surface area contributed by atoms with Gasteiger partial charge in [-0.05, 0) is 46.1 Å². The molecule has 0 atom stereocenters. The van der Waals surface area contributed by atoms with Gasteiger partial charge in [0.2, 0.25) is 5.91 Å². The largest absolute Gasteiger partial charge is 0.444 e. The minimum absolute atomic E-state index is 0.167. The lowest BCUT2D eigenvalue weighted by Gasteiger charge is -2.38. The zero-order valence-corrected chi connectivity index (χ0v) is 16.5. The predicted molar refractivity (Wildman–Crippen MR) is 95.6 cm³/mol. The molecule has 0 unspecified atom stereocenters. The molecule has 0 N–H and O–H groups in total. The highest BCUT2D eigenvalue weighted by molar-refractivity contribution is 5.99. The van der Waals surface area contributed by atoms with E-state index in [1.165, 1.54) is 4.90 Å². The number of hydrogen-bond donors (Lipinski definition) is 0. The SMILES string of the molecule is CC(C)(C)OC(=O)N1CCC2(CC1)CCN(c1ncc(C(F)(F)F)cc1F)C2=O. The molecule has 10 heteroatoms. The summed E-state index contributed by atoms with van der Waals surface area (Å²) in [4.78, 5) is 31.4. The van der Waals surface area contributed by atoms with Crippen LogP contribution in [0.25, 0.3) is 0 Å². The first-order valence-corrected chi connectivity index (χ1v) is 9.35. The molecule has 6 nitrogen and oxygen atoms in total. The van der Waals surface area contributed by atoms with Crippen LogP contribution in [0.1, 0.15) is 45.6 Å². The number of anilines is 1. The maximum absolute atomic E-state index is 14.3. The number of rotatable bonds is 1. The molecule has 160 valence electrons. The molecule has 3 rings (SSSR count). The average molecular weight is 417 g/mol. The molecule has 0 saturated carbocycles. The van der Waals surface area contributed by atoms with Crippen LogP contribution in [0.2, 0.25) is 0 Å². The molecule has 0 radical (unpaired) electrons. The molecular formula is C19H23F4N3O3. The molecule has 1 aromatic rings. The van der Waals surface area contributed by atoms with Crippen LogP contribution in [0.5, 0.6) is 0 Å². The van der Waals surface area contributed by atoms with Gasteiger partial charge >= 0.3 is 12.3 Å². The zero-order chi connectivity index (χ0) is 21.6. The van der Waals surface area contributed by atoms with E-state index < -0.39 is 40.5 Å². The van der Waals surface area contributed by atoms with Gasteiger partial charge in [0.1, 0.15) is 5.60 Å². The predicted octanol–water partition coefficient (Wildman–Crippen LogP) is 3.99. The maximum atomic E-state index is 14.3. The van der Waals surface area contributed by atoms with Gasteiger partial charge < -0.3 is 9.64 Å². The highest BCUT2D eigenvalue weighted by atomic mass is 19.4. The summed E-state index contributed by atoms with van der Waals surface area (Å²) in [5, 5.41) is 0. The molecule has 2 aliphatic rings. The molecule has 0 aromatic carbocycles. The minimum Gasteiger partial charge on any atom is -0.444 e. The Kier molecular flexibility index (Phi) is 5.25. The Morgan fingerprint density at radius 2 is 1.72 bits per heavy atom. The number of hydrogen-bond acceptors (Lipinski definition) is 4. The lowest BCUT2D eigenvalue weighted by molar-refractivity contribution is -0.138. The highest BCUT2D eigenvalue weighted by Gasteiger charge is 2.50. The van der Waals surface area contributed by atoms with Gasteiger partial charge in [-0.15, -0.1) is 0 Å². The topological polar surface area (TPSA) is 62.7 Å². The van der Waals surface area contributed by atoms with Gasteiger partial charge in [0.05, 0.1) is 11.0 Å². The zero-order valence-electron chi connectivity index (χ0n) is 16.5. The number of halogens is 4. The van der Waals surface area contributed by atoms with Crippen molar-refractivity contribution in [3.63, 3.8) is 0 Å². The number of pyridine rings is 1. The number of carbonyl (C=O) groups is 2. The highest BCUT2D eigenvalue weighted by Crippen LogP contribution is 2.43. The number of piperidine rings is 1. The maximum Gasteiger partial charge on any atom is 0.417 e. The van der Waals surface area contributed by atoms with Crippen molar-refractivity contribution in [3.05, 3.63) is 23.6 Å². The minimum atomic E-state index is -4.71. The third-order valence-corrected chi connectivity index (χ3v) is 5.29. The Morgan fingerprint density at radius 1 is 1.14 bits per heavy atom. The summed E-state index contributed by atoms with van der Waals surface area (Å²) in [6.45, 7) is 6.09. The Hall–Kier alpha value is -2.39. The van der Waals surface area contributed by atoms with Crippen LogP contribution in [-0.4, -0.2) is 47.1 Å². The van der Waals surface area contributed by atoms with E-state index in [9.17, 15) is 27.2 Å². The normalized spacial score (nSPS) is 19.8. The first kappa shape index (κ1) is 21.3. The average Bonchev–Trinajstić information content (AvgIpc) is 2.90. The molecule has 1 spiro atoms. The molecule has 2 saturated heterocycles. The summed E-state index contributed by atoms with van der Waals surface area (Å²) in [5.41, 5.74) is -2.60. The second kappa shape index (κ2) is 7.14. The fourth-order valence-corrected chi connectivity index (χ4v) is 3.71. The Bertz CT molecular complexity index is 812. The Morgan fingerprint density at radius 3 is 2.24 bits per heavy atom. The first-order chi connectivity index (χ1) is 13.3. The van der Waals surface area contributed by atoms with E-state index in [1.807, 2.05) is 0 Å². The van der Waals surface area contributed by atoms with Crippen molar-refractivity contribution in [2.24, 2.45) is 5.41 Å². The number of aromatic nitrogens is 1. The van der Waals surface area contributed by atoms with Gasteiger partial charge in [0.25, 0.3) is 0 Å². The smallest absolute Gasteiger partial charge is 0.417 e. The molecule has 2 amide bonds. The van der Waals surface area contributed by atoms with Crippen LogP contribution in [-0.2, 0) is 15.7 Å². The van der Waals surface area contributed by atoms with E-state index in [0.29, 0.717) is 44.6 Å². The van der Waals surface area contributed by atoms with E-state index in [1.54, 1.807) is 20.8 Å². The van der Waals surface area contributed by atoms with Crippen molar-refractivity contribution in [2.45, 2.75) is 51.8 Å². The number of nitrogens with zero attached hydrogens (tertiary/aromatic N) is 3. The van der Waals surface area contributed by atoms with Gasteiger partial charge in [0, 0.05) is 25.8 Å². The van der Waals surface area contributed by atoms with Crippen LogP contribution in [0.4, 0.5) is 28.2 Å². The number of ether oxygens (including phenoxy) is 1. The summed E-state index contributed by atoms with van der Waals surface area (Å²) in [6, 6.07) is 0.353. The summed E-state index contributed by atoms with van der Waals surface area (Å²) in [6.07, 6.45) is -3.45. The molecule has 2 fully saturated rings. The fraction of sp³-hybridized carbons (Fsp3) is 0.632. The molecular weight excluding hydrogens is 394 g/mol. The van der Waals surface area contributed by atoms with Crippen LogP contribution >= 0.6 is 0 Å². The molecule has 3 heterocycles. The summed E-state index contributed by atoms with van der Waals surface area (Å²) < 4.78 is 57.7.